The second-order valence-corrected chi connectivity index (χ2v) is 6.03. The number of aromatic nitrogens is 2. The normalized spacial score (nSPS) is 11.1. The van der Waals surface area contributed by atoms with Crippen LogP contribution in [0, 0.1) is 5.92 Å². The van der Waals surface area contributed by atoms with Crippen LogP contribution in [0.2, 0.25) is 0 Å². The third-order valence-corrected chi connectivity index (χ3v) is 4.15. The van der Waals surface area contributed by atoms with Gasteiger partial charge in [-0.3, -0.25) is 9.48 Å². The lowest BCUT2D eigenvalue weighted by Crippen LogP contribution is -2.04. The Labute approximate surface area is 113 Å². The summed E-state index contributed by atoms with van der Waals surface area (Å²) in [5.41, 5.74) is 1.41. The zero-order chi connectivity index (χ0) is 12.4. The van der Waals surface area contributed by atoms with Crippen molar-refractivity contribution in [3.63, 3.8) is 0 Å². The topological polar surface area (TPSA) is 34.9 Å². The second-order valence-electron chi connectivity index (χ2n) is 4.26. The van der Waals surface area contributed by atoms with Crippen molar-refractivity contribution in [1.82, 2.24) is 9.78 Å². The first-order valence-corrected chi connectivity index (χ1v) is 7.05. The molecule has 0 amide bonds. The minimum Gasteiger partial charge on any atom is -0.298 e. The van der Waals surface area contributed by atoms with Gasteiger partial charge in [-0.1, -0.05) is 13.8 Å². The molecule has 90 valence electrons. The zero-order valence-electron chi connectivity index (χ0n) is 9.68. The summed E-state index contributed by atoms with van der Waals surface area (Å²) in [5.74, 6) is 0.508. The number of aldehydes is 1. The molecule has 0 aliphatic heterocycles. The van der Waals surface area contributed by atoms with Crippen molar-refractivity contribution < 1.29 is 4.79 Å². The van der Waals surface area contributed by atoms with Gasteiger partial charge >= 0.3 is 0 Å². The molecule has 0 saturated carbocycles. The van der Waals surface area contributed by atoms with Crippen molar-refractivity contribution in [3.8, 4) is 10.6 Å². The molecule has 0 aromatic carbocycles. The van der Waals surface area contributed by atoms with Gasteiger partial charge in [0.2, 0.25) is 0 Å². The number of carbonyl (C=O) groups is 1. The number of rotatable bonds is 4. The van der Waals surface area contributed by atoms with Crippen LogP contribution in [-0.2, 0) is 6.54 Å². The minimum atomic E-state index is 0.508. The van der Waals surface area contributed by atoms with Gasteiger partial charge in [0, 0.05) is 17.2 Å². The largest absolute Gasteiger partial charge is 0.298 e. The molecule has 2 rings (SSSR count). The molecule has 0 N–H and O–H groups in total. The van der Waals surface area contributed by atoms with E-state index in [-0.39, 0.29) is 0 Å². The van der Waals surface area contributed by atoms with E-state index in [2.05, 4.69) is 34.9 Å². The fourth-order valence-corrected chi connectivity index (χ4v) is 3.20. The Balaban J connectivity index is 2.43. The van der Waals surface area contributed by atoms with Crippen molar-refractivity contribution in [1.29, 1.82) is 0 Å². The zero-order valence-corrected chi connectivity index (χ0v) is 12.1. The number of thiophene rings is 1. The second kappa shape index (κ2) is 5.14. The molecule has 0 saturated heterocycles. The van der Waals surface area contributed by atoms with E-state index in [4.69, 9.17) is 0 Å². The molecular formula is C12H13BrN2OS. The van der Waals surface area contributed by atoms with Gasteiger partial charge in [-0.25, -0.2) is 0 Å². The lowest BCUT2D eigenvalue weighted by Gasteiger charge is -2.03. The summed E-state index contributed by atoms with van der Waals surface area (Å²) < 4.78 is 2.83. The average Bonchev–Trinajstić information content (AvgIpc) is 2.83. The van der Waals surface area contributed by atoms with Gasteiger partial charge in [-0.05, 0) is 33.3 Å². The average molecular weight is 313 g/mol. The van der Waals surface area contributed by atoms with Gasteiger partial charge in [-0.2, -0.15) is 5.10 Å². The van der Waals surface area contributed by atoms with E-state index in [0.29, 0.717) is 11.5 Å². The van der Waals surface area contributed by atoms with Crippen LogP contribution in [0.15, 0.2) is 22.1 Å². The van der Waals surface area contributed by atoms with Crippen molar-refractivity contribution in [2.45, 2.75) is 20.4 Å². The maximum absolute atomic E-state index is 11.1. The summed E-state index contributed by atoms with van der Waals surface area (Å²) >= 11 is 5.05. The fraction of sp³-hybridized carbons (Fsp3) is 0.333. The van der Waals surface area contributed by atoms with Crippen LogP contribution in [0.5, 0.6) is 0 Å². The van der Waals surface area contributed by atoms with Crippen LogP contribution in [-0.4, -0.2) is 16.1 Å². The molecular weight excluding hydrogens is 300 g/mol. The van der Waals surface area contributed by atoms with Crippen LogP contribution in [0.4, 0.5) is 0 Å². The number of hydrogen-bond acceptors (Lipinski definition) is 3. The SMILES string of the molecule is CC(C)Cn1cc(C=O)c(-c2sccc2Br)n1. The van der Waals surface area contributed by atoms with E-state index in [1.165, 1.54) is 0 Å². The van der Waals surface area contributed by atoms with Gasteiger partial charge in [-0.15, -0.1) is 11.3 Å². The van der Waals surface area contributed by atoms with Crippen molar-refractivity contribution >= 4 is 33.6 Å². The molecule has 2 aromatic heterocycles. The monoisotopic (exact) mass is 312 g/mol. The van der Waals surface area contributed by atoms with E-state index >= 15 is 0 Å². The number of halogens is 1. The van der Waals surface area contributed by atoms with Crippen LogP contribution in [0.3, 0.4) is 0 Å². The van der Waals surface area contributed by atoms with E-state index in [0.717, 1.165) is 27.9 Å². The minimum absolute atomic E-state index is 0.508. The number of nitrogens with zero attached hydrogens (tertiary/aromatic N) is 2. The third kappa shape index (κ3) is 2.66. The first-order chi connectivity index (χ1) is 8.11. The van der Waals surface area contributed by atoms with E-state index in [1.807, 2.05) is 22.3 Å². The highest BCUT2D eigenvalue weighted by Crippen LogP contribution is 2.34. The molecule has 0 aliphatic rings. The molecule has 3 nitrogen and oxygen atoms in total. The predicted octanol–water partition coefficient (Wildman–Crippen LogP) is 3.84. The van der Waals surface area contributed by atoms with E-state index in [9.17, 15) is 4.79 Å². The Morgan fingerprint density at radius 3 is 2.88 bits per heavy atom. The molecule has 0 atom stereocenters. The Morgan fingerprint density at radius 2 is 2.35 bits per heavy atom. The first-order valence-electron chi connectivity index (χ1n) is 5.37. The van der Waals surface area contributed by atoms with Gasteiger partial charge in [0.1, 0.15) is 5.69 Å². The first kappa shape index (κ1) is 12.5. The summed E-state index contributed by atoms with van der Waals surface area (Å²) in [7, 11) is 0. The van der Waals surface area contributed by atoms with Crippen LogP contribution in [0.25, 0.3) is 10.6 Å². The van der Waals surface area contributed by atoms with Gasteiger partial charge in [0.15, 0.2) is 6.29 Å². The molecule has 2 heterocycles. The van der Waals surface area contributed by atoms with E-state index < -0.39 is 0 Å². The van der Waals surface area contributed by atoms with Crippen LogP contribution < -0.4 is 0 Å². The fourth-order valence-electron chi connectivity index (χ4n) is 1.63. The maximum Gasteiger partial charge on any atom is 0.153 e. The molecule has 0 fully saturated rings. The summed E-state index contributed by atoms with van der Waals surface area (Å²) in [5, 5.41) is 6.47. The van der Waals surface area contributed by atoms with Crippen LogP contribution >= 0.6 is 27.3 Å². The lowest BCUT2D eigenvalue weighted by molar-refractivity contribution is 0.112. The summed E-state index contributed by atoms with van der Waals surface area (Å²) in [4.78, 5) is 12.1. The summed E-state index contributed by atoms with van der Waals surface area (Å²) in [6.07, 6.45) is 2.68. The highest BCUT2D eigenvalue weighted by molar-refractivity contribution is 9.10. The highest BCUT2D eigenvalue weighted by Gasteiger charge is 2.14. The molecule has 5 heteroatoms. The highest BCUT2D eigenvalue weighted by atomic mass is 79.9. The number of carbonyl (C=O) groups excluding carboxylic acids is 1. The molecule has 0 aliphatic carbocycles. The molecule has 0 bridgehead atoms. The van der Waals surface area contributed by atoms with Crippen molar-refractivity contribution in [3.05, 3.63) is 27.7 Å². The maximum atomic E-state index is 11.1. The van der Waals surface area contributed by atoms with Gasteiger partial charge < -0.3 is 0 Å². The summed E-state index contributed by atoms with van der Waals surface area (Å²) in [6, 6.07) is 1.97. The molecule has 2 aromatic rings. The Bertz CT molecular complexity index is 530. The lowest BCUT2D eigenvalue weighted by atomic mass is 10.2. The Morgan fingerprint density at radius 1 is 1.59 bits per heavy atom. The molecule has 17 heavy (non-hydrogen) atoms. The Kier molecular flexibility index (Phi) is 3.79. The molecule has 0 radical (unpaired) electrons. The Hall–Kier alpha value is -0.940. The summed E-state index contributed by atoms with van der Waals surface area (Å²) in [6.45, 7) is 5.08. The quantitative estimate of drug-likeness (QED) is 0.804. The van der Waals surface area contributed by atoms with Crippen molar-refractivity contribution in [2.24, 2.45) is 5.92 Å². The number of hydrogen-bond donors (Lipinski definition) is 0. The predicted molar refractivity (Wildman–Crippen MR) is 73.5 cm³/mol. The molecule has 0 spiro atoms. The third-order valence-electron chi connectivity index (χ3n) is 2.30. The smallest absolute Gasteiger partial charge is 0.153 e. The van der Waals surface area contributed by atoms with E-state index in [1.54, 1.807) is 11.3 Å². The van der Waals surface area contributed by atoms with Gasteiger partial charge in [0.05, 0.1) is 10.4 Å². The van der Waals surface area contributed by atoms with Crippen LogP contribution in [0.1, 0.15) is 24.2 Å². The van der Waals surface area contributed by atoms with Gasteiger partial charge in [0.25, 0.3) is 0 Å². The molecule has 0 unspecified atom stereocenters. The van der Waals surface area contributed by atoms with Crippen molar-refractivity contribution in [2.75, 3.05) is 0 Å². The standard InChI is InChI=1S/C12H13BrN2OS/c1-8(2)5-15-6-9(7-16)11(14-15)12-10(13)3-4-17-12/h3-4,6-8H,5H2,1-2H3.